The minimum Gasteiger partial charge on any atom is -0.478 e. The lowest BCUT2D eigenvalue weighted by molar-refractivity contribution is 0.0697. The van der Waals surface area contributed by atoms with Gasteiger partial charge in [0.1, 0.15) is 4.83 Å². The third-order valence-electron chi connectivity index (χ3n) is 4.84. The van der Waals surface area contributed by atoms with Crippen LogP contribution in [-0.2, 0) is 19.4 Å². The first-order chi connectivity index (χ1) is 12.0. The maximum Gasteiger partial charge on any atom is 0.335 e. The molecule has 1 atom stereocenters. The molecule has 5 nitrogen and oxygen atoms in total. The molecule has 4 rings (SSSR count). The highest BCUT2D eigenvalue weighted by molar-refractivity contribution is 7.18. The van der Waals surface area contributed by atoms with Gasteiger partial charge in [0, 0.05) is 4.88 Å². The van der Waals surface area contributed by atoms with Gasteiger partial charge in [-0.2, -0.15) is 0 Å². The number of hydrogen-bond acceptors (Lipinski definition) is 4. The van der Waals surface area contributed by atoms with Gasteiger partial charge in [-0.05, 0) is 48.4 Å². The SMILES string of the molecule is C[C@H]1CCc2c(sc3ncn(Cc4ccc(C(=O)O)cc4)c(=O)c23)C1. The first kappa shape index (κ1) is 16.0. The van der Waals surface area contributed by atoms with Crippen molar-refractivity contribution in [1.82, 2.24) is 9.55 Å². The van der Waals surface area contributed by atoms with E-state index in [2.05, 4.69) is 11.9 Å². The van der Waals surface area contributed by atoms with Crippen LogP contribution < -0.4 is 5.56 Å². The number of benzene rings is 1. The van der Waals surface area contributed by atoms with E-state index in [9.17, 15) is 9.59 Å². The Morgan fingerprint density at radius 1 is 1.36 bits per heavy atom. The van der Waals surface area contributed by atoms with E-state index in [1.54, 1.807) is 46.5 Å². The van der Waals surface area contributed by atoms with Gasteiger partial charge in [-0.3, -0.25) is 9.36 Å². The Bertz CT molecular complexity index is 1020. The average molecular weight is 354 g/mol. The molecule has 0 unspecified atom stereocenters. The molecule has 3 aromatic rings. The fourth-order valence-electron chi connectivity index (χ4n) is 3.43. The Hall–Kier alpha value is -2.47. The fraction of sp³-hybridized carbons (Fsp3) is 0.316. The molecule has 1 aliphatic carbocycles. The summed E-state index contributed by atoms with van der Waals surface area (Å²) in [6.07, 6.45) is 4.70. The topological polar surface area (TPSA) is 72.2 Å². The van der Waals surface area contributed by atoms with Gasteiger partial charge < -0.3 is 5.11 Å². The number of carboxylic acids is 1. The molecule has 128 valence electrons. The summed E-state index contributed by atoms with van der Waals surface area (Å²) < 4.78 is 1.61. The standard InChI is InChI=1S/C19H18N2O3S/c1-11-2-7-14-15(8-11)25-17-16(14)18(22)21(10-20-17)9-12-3-5-13(6-4-12)19(23)24/h3-6,10-11H,2,7-9H2,1H3,(H,23,24)/t11-/m0/s1. The zero-order valence-corrected chi connectivity index (χ0v) is 14.7. The van der Waals surface area contributed by atoms with E-state index in [0.29, 0.717) is 12.5 Å². The quantitative estimate of drug-likeness (QED) is 0.783. The van der Waals surface area contributed by atoms with E-state index in [1.165, 1.54) is 10.4 Å². The van der Waals surface area contributed by atoms with E-state index in [4.69, 9.17) is 5.11 Å². The van der Waals surface area contributed by atoms with Crippen LogP contribution >= 0.6 is 11.3 Å². The van der Waals surface area contributed by atoms with Crippen LogP contribution in [0.25, 0.3) is 10.2 Å². The van der Waals surface area contributed by atoms with Crippen molar-refractivity contribution in [2.75, 3.05) is 0 Å². The van der Waals surface area contributed by atoms with E-state index < -0.39 is 5.97 Å². The number of aryl methyl sites for hydroxylation is 1. The fourth-order valence-corrected chi connectivity index (χ4v) is 4.77. The minimum atomic E-state index is -0.953. The van der Waals surface area contributed by atoms with Gasteiger partial charge in [0.2, 0.25) is 0 Å². The number of rotatable bonds is 3. The third-order valence-corrected chi connectivity index (χ3v) is 6.00. The van der Waals surface area contributed by atoms with Crippen LogP contribution in [0, 0.1) is 5.92 Å². The van der Waals surface area contributed by atoms with Crippen LogP contribution in [0.4, 0.5) is 0 Å². The first-order valence-corrected chi connectivity index (χ1v) is 9.16. The Kier molecular flexibility index (Phi) is 3.92. The zero-order valence-electron chi connectivity index (χ0n) is 13.9. The van der Waals surface area contributed by atoms with Crippen molar-refractivity contribution < 1.29 is 9.90 Å². The molecule has 2 heterocycles. The number of nitrogens with zero attached hydrogens (tertiary/aromatic N) is 2. The van der Waals surface area contributed by atoms with Crippen molar-refractivity contribution in [3.05, 3.63) is 62.5 Å². The average Bonchev–Trinajstić information content (AvgIpc) is 2.96. The molecule has 1 aromatic carbocycles. The van der Waals surface area contributed by atoms with Gasteiger partial charge in [0.15, 0.2) is 0 Å². The Labute approximate surface area is 148 Å². The number of aromatic nitrogens is 2. The molecule has 0 amide bonds. The van der Waals surface area contributed by atoms with Crippen molar-refractivity contribution >= 4 is 27.5 Å². The molecule has 0 spiro atoms. The molecule has 0 saturated carbocycles. The molecular formula is C19H18N2O3S. The van der Waals surface area contributed by atoms with Gasteiger partial charge in [-0.1, -0.05) is 19.1 Å². The van der Waals surface area contributed by atoms with Crippen LogP contribution in [0.2, 0.25) is 0 Å². The summed E-state index contributed by atoms with van der Waals surface area (Å²) >= 11 is 1.65. The van der Waals surface area contributed by atoms with Crippen molar-refractivity contribution in [2.45, 2.75) is 32.7 Å². The van der Waals surface area contributed by atoms with E-state index in [-0.39, 0.29) is 11.1 Å². The molecule has 25 heavy (non-hydrogen) atoms. The van der Waals surface area contributed by atoms with Crippen LogP contribution in [0.15, 0.2) is 35.4 Å². The Morgan fingerprint density at radius 3 is 2.84 bits per heavy atom. The highest BCUT2D eigenvalue weighted by Crippen LogP contribution is 2.35. The van der Waals surface area contributed by atoms with Crippen LogP contribution in [0.3, 0.4) is 0 Å². The second kappa shape index (κ2) is 6.11. The molecule has 2 aromatic heterocycles. The molecule has 6 heteroatoms. The maximum absolute atomic E-state index is 13.0. The highest BCUT2D eigenvalue weighted by atomic mass is 32.1. The second-order valence-corrected chi connectivity index (χ2v) is 7.80. The highest BCUT2D eigenvalue weighted by Gasteiger charge is 2.23. The Balaban J connectivity index is 1.72. The first-order valence-electron chi connectivity index (χ1n) is 8.35. The smallest absolute Gasteiger partial charge is 0.335 e. The zero-order chi connectivity index (χ0) is 17.6. The predicted molar refractivity (Wildman–Crippen MR) is 97.6 cm³/mol. The third kappa shape index (κ3) is 2.87. The van der Waals surface area contributed by atoms with Gasteiger partial charge in [0.05, 0.1) is 23.8 Å². The summed E-state index contributed by atoms with van der Waals surface area (Å²) in [7, 11) is 0. The number of fused-ring (bicyclic) bond motifs is 3. The van der Waals surface area contributed by atoms with Gasteiger partial charge >= 0.3 is 5.97 Å². The van der Waals surface area contributed by atoms with Crippen molar-refractivity contribution in [3.63, 3.8) is 0 Å². The summed E-state index contributed by atoms with van der Waals surface area (Å²) in [5.41, 5.74) is 2.31. The van der Waals surface area contributed by atoms with Crippen molar-refractivity contribution in [1.29, 1.82) is 0 Å². The number of carboxylic acid groups (broad SMARTS) is 1. The van der Waals surface area contributed by atoms with E-state index >= 15 is 0 Å². The molecule has 0 radical (unpaired) electrons. The molecule has 1 N–H and O–H groups in total. The summed E-state index contributed by atoms with van der Waals surface area (Å²) in [5.74, 6) is -0.290. The normalized spacial score (nSPS) is 16.8. The molecule has 1 aliphatic rings. The number of carbonyl (C=O) groups is 1. The lowest BCUT2D eigenvalue weighted by atomic mass is 9.89. The maximum atomic E-state index is 13.0. The lowest BCUT2D eigenvalue weighted by Gasteiger charge is -2.17. The predicted octanol–water partition coefficient (Wildman–Crippen LogP) is 3.33. The summed E-state index contributed by atoms with van der Waals surface area (Å²) in [6.45, 7) is 2.64. The molecular weight excluding hydrogens is 336 g/mol. The number of thiophene rings is 1. The van der Waals surface area contributed by atoms with E-state index in [0.717, 1.165) is 35.0 Å². The van der Waals surface area contributed by atoms with Crippen molar-refractivity contribution in [2.24, 2.45) is 5.92 Å². The summed E-state index contributed by atoms with van der Waals surface area (Å²) in [6, 6.07) is 6.60. The summed E-state index contributed by atoms with van der Waals surface area (Å²) in [4.78, 5) is 30.5. The van der Waals surface area contributed by atoms with Crippen LogP contribution in [0.1, 0.15) is 39.7 Å². The van der Waals surface area contributed by atoms with Crippen LogP contribution in [-0.4, -0.2) is 20.6 Å². The Morgan fingerprint density at radius 2 is 2.12 bits per heavy atom. The van der Waals surface area contributed by atoms with Gasteiger partial charge in [0.25, 0.3) is 5.56 Å². The summed E-state index contributed by atoms with van der Waals surface area (Å²) in [5, 5.41) is 9.75. The number of aromatic carboxylic acids is 1. The van der Waals surface area contributed by atoms with Crippen LogP contribution in [0.5, 0.6) is 0 Å². The van der Waals surface area contributed by atoms with Crippen molar-refractivity contribution in [3.8, 4) is 0 Å². The molecule has 0 bridgehead atoms. The molecule has 0 fully saturated rings. The largest absolute Gasteiger partial charge is 0.478 e. The van der Waals surface area contributed by atoms with Gasteiger partial charge in [-0.15, -0.1) is 11.3 Å². The monoisotopic (exact) mass is 354 g/mol. The van der Waals surface area contributed by atoms with Gasteiger partial charge in [-0.25, -0.2) is 9.78 Å². The second-order valence-electron chi connectivity index (χ2n) is 6.71. The minimum absolute atomic E-state index is 0.000589. The number of hydrogen-bond donors (Lipinski definition) is 1. The lowest BCUT2D eigenvalue weighted by Crippen LogP contribution is -2.22. The molecule has 0 saturated heterocycles. The van der Waals surface area contributed by atoms with E-state index in [1.807, 2.05) is 0 Å². The molecule has 0 aliphatic heterocycles.